The Kier molecular flexibility index (Phi) is 8.07. The zero-order valence-electron chi connectivity index (χ0n) is 16.7. The lowest BCUT2D eigenvalue weighted by Crippen LogP contribution is -2.53. The van der Waals surface area contributed by atoms with Crippen LogP contribution in [0.1, 0.15) is 45.2 Å². The van der Waals surface area contributed by atoms with Crippen molar-refractivity contribution in [2.24, 2.45) is 5.41 Å². The Bertz CT molecular complexity index is 757. The van der Waals surface area contributed by atoms with Crippen molar-refractivity contribution < 1.29 is 4.79 Å². The number of rotatable bonds is 4. The molecule has 28 heavy (non-hydrogen) atoms. The van der Waals surface area contributed by atoms with Gasteiger partial charge in [0.25, 0.3) is 0 Å². The van der Waals surface area contributed by atoms with Crippen molar-refractivity contribution >= 4 is 22.0 Å². The molecule has 1 fully saturated rings. The van der Waals surface area contributed by atoms with Crippen LogP contribution in [0.5, 0.6) is 0 Å². The fourth-order valence-corrected chi connectivity index (χ4v) is 3.48. The Labute approximate surface area is 176 Å². The molecule has 0 saturated carbocycles. The van der Waals surface area contributed by atoms with Crippen molar-refractivity contribution in [1.82, 2.24) is 10.2 Å². The van der Waals surface area contributed by atoms with E-state index >= 15 is 0 Å². The molecule has 0 spiro atoms. The largest absolute Gasteiger partial charge is 0.335 e. The first-order valence-corrected chi connectivity index (χ1v) is 10.4. The topological polar surface area (TPSA) is 56.1 Å². The molecule has 0 bridgehead atoms. The minimum atomic E-state index is -0.405. The lowest BCUT2D eigenvalue weighted by molar-refractivity contribution is 0.147. The number of halogens is 1. The average Bonchev–Trinajstić information content (AvgIpc) is 2.70. The summed E-state index contributed by atoms with van der Waals surface area (Å²) in [6, 6.07) is 22.4. The van der Waals surface area contributed by atoms with Crippen LogP contribution in [0.3, 0.4) is 0 Å². The molecule has 2 aromatic rings. The Hall–Kier alpha value is -2.32. The van der Waals surface area contributed by atoms with E-state index in [9.17, 15) is 4.79 Å². The van der Waals surface area contributed by atoms with Gasteiger partial charge in [-0.1, -0.05) is 64.5 Å². The molecule has 1 N–H and O–H groups in total. The maximum absolute atomic E-state index is 12.4. The third-order valence-corrected chi connectivity index (χ3v) is 5.38. The average molecular weight is 442 g/mol. The predicted molar refractivity (Wildman–Crippen MR) is 117 cm³/mol. The maximum atomic E-state index is 12.4. The number of nitrogens with one attached hydrogen (secondary N) is 1. The van der Waals surface area contributed by atoms with Gasteiger partial charge in [-0.3, -0.25) is 0 Å². The van der Waals surface area contributed by atoms with Gasteiger partial charge in [0.2, 0.25) is 0 Å². The summed E-state index contributed by atoms with van der Waals surface area (Å²) in [6.07, 6.45) is 1.56. The third kappa shape index (κ3) is 6.69. The second kappa shape index (κ2) is 10.3. The summed E-state index contributed by atoms with van der Waals surface area (Å²) in [5.41, 5.74) is 0.714. The van der Waals surface area contributed by atoms with Crippen molar-refractivity contribution in [2.75, 3.05) is 6.54 Å². The van der Waals surface area contributed by atoms with Crippen molar-refractivity contribution in [3.8, 4) is 6.07 Å². The van der Waals surface area contributed by atoms with E-state index in [1.54, 1.807) is 0 Å². The Morgan fingerprint density at radius 1 is 1.18 bits per heavy atom. The lowest BCUT2D eigenvalue weighted by atomic mass is 9.85. The highest BCUT2D eigenvalue weighted by atomic mass is 79.9. The number of amides is 2. The molecular weight excluding hydrogens is 414 g/mol. The second-order valence-corrected chi connectivity index (χ2v) is 8.63. The van der Waals surface area contributed by atoms with Gasteiger partial charge in [-0.25, -0.2) is 4.79 Å². The second-order valence-electron chi connectivity index (χ2n) is 7.71. The van der Waals surface area contributed by atoms with Crippen LogP contribution < -0.4 is 5.32 Å². The fraction of sp³-hybridized carbons (Fsp3) is 0.391. The minimum Gasteiger partial charge on any atom is -0.335 e. The van der Waals surface area contributed by atoms with Crippen LogP contribution in [0.15, 0.2) is 65.1 Å². The smallest absolute Gasteiger partial charge is 0.318 e. The molecule has 2 amide bonds. The van der Waals surface area contributed by atoms with Gasteiger partial charge in [-0.15, -0.1) is 0 Å². The van der Waals surface area contributed by atoms with Gasteiger partial charge < -0.3 is 10.2 Å². The number of carbonyl (C=O) groups excluding carboxylic acids is 1. The molecule has 1 saturated heterocycles. The molecule has 3 rings (SSSR count). The number of nitrogens with zero attached hydrogens (tertiary/aromatic N) is 2. The molecule has 5 heteroatoms. The van der Waals surface area contributed by atoms with Crippen LogP contribution in [0.25, 0.3) is 0 Å². The molecule has 1 aliphatic heterocycles. The van der Waals surface area contributed by atoms with E-state index in [0.29, 0.717) is 6.42 Å². The van der Waals surface area contributed by atoms with Gasteiger partial charge in [-0.2, -0.15) is 5.26 Å². The van der Waals surface area contributed by atoms with Gasteiger partial charge in [0.05, 0.1) is 17.5 Å². The number of nitriles is 1. The minimum absolute atomic E-state index is 0.0398. The van der Waals surface area contributed by atoms with Crippen molar-refractivity contribution in [3.63, 3.8) is 0 Å². The summed E-state index contributed by atoms with van der Waals surface area (Å²) in [7, 11) is 0. The number of hydrogen-bond acceptors (Lipinski definition) is 2. The molecule has 0 radical (unpaired) electrons. The van der Waals surface area contributed by atoms with Crippen molar-refractivity contribution in [3.05, 3.63) is 70.7 Å². The summed E-state index contributed by atoms with van der Waals surface area (Å²) < 4.78 is 1.03. The van der Waals surface area contributed by atoms with E-state index < -0.39 is 5.41 Å². The molecule has 0 aromatic heterocycles. The van der Waals surface area contributed by atoms with Gasteiger partial charge in [0, 0.05) is 17.1 Å². The zero-order chi connectivity index (χ0) is 20.6. The Morgan fingerprint density at radius 3 is 2.18 bits per heavy atom. The van der Waals surface area contributed by atoms with Crippen LogP contribution in [0.4, 0.5) is 4.79 Å². The van der Waals surface area contributed by atoms with Crippen LogP contribution in [-0.4, -0.2) is 23.5 Å². The van der Waals surface area contributed by atoms with Crippen molar-refractivity contribution in [2.45, 2.75) is 45.7 Å². The number of benzene rings is 2. The van der Waals surface area contributed by atoms with E-state index in [-0.39, 0.29) is 18.1 Å². The first-order valence-electron chi connectivity index (χ1n) is 9.56. The Balaban J connectivity index is 0.000000397. The monoisotopic (exact) mass is 441 g/mol. The van der Waals surface area contributed by atoms with E-state index in [1.165, 1.54) is 0 Å². The van der Waals surface area contributed by atoms with Gasteiger partial charge >= 0.3 is 6.03 Å². The Morgan fingerprint density at radius 2 is 1.71 bits per heavy atom. The van der Waals surface area contributed by atoms with E-state index in [4.69, 9.17) is 5.26 Å². The zero-order valence-corrected chi connectivity index (χ0v) is 18.3. The highest BCUT2D eigenvalue weighted by molar-refractivity contribution is 9.10. The van der Waals surface area contributed by atoms with Crippen LogP contribution in [-0.2, 0) is 0 Å². The van der Waals surface area contributed by atoms with Crippen molar-refractivity contribution in [1.29, 1.82) is 5.26 Å². The predicted octanol–water partition coefficient (Wildman–Crippen LogP) is 5.92. The quantitative estimate of drug-likeness (QED) is 0.639. The van der Waals surface area contributed by atoms with Crippen LogP contribution >= 0.6 is 15.9 Å². The molecule has 148 valence electrons. The van der Waals surface area contributed by atoms with Gasteiger partial charge in [-0.05, 0) is 51.3 Å². The lowest BCUT2D eigenvalue weighted by Gasteiger charge is -2.38. The van der Waals surface area contributed by atoms with E-state index in [2.05, 4.69) is 27.3 Å². The molecule has 1 aliphatic rings. The molecule has 2 aromatic carbocycles. The molecular formula is C23H28BrN3O. The highest BCUT2D eigenvalue weighted by Crippen LogP contribution is 2.28. The maximum Gasteiger partial charge on any atom is 0.318 e. The molecule has 2 atom stereocenters. The summed E-state index contributed by atoms with van der Waals surface area (Å²) in [5.74, 6) is 0. The first kappa shape index (κ1) is 22.0. The summed E-state index contributed by atoms with van der Waals surface area (Å²) in [5, 5.41) is 12.2. The SMILES string of the molecule is CC(c1ccc(Br)cc1)N1CCC(CC(C)(C)C#N)NC1=O.c1ccccc1. The third-order valence-electron chi connectivity index (χ3n) is 4.85. The molecule has 2 unspecified atom stereocenters. The summed E-state index contributed by atoms with van der Waals surface area (Å²) >= 11 is 3.43. The number of carbonyl (C=O) groups is 1. The van der Waals surface area contributed by atoms with Gasteiger partial charge in [0.15, 0.2) is 0 Å². The normalized spacial score (nSPS) is 17.6. The highest BCUT2D eigenvalue weighted by Gasteiger charge is 2.32. The first-order chi connectivity index (χ1) is 13.3. The fourth-order valence-electron chi connectivity index (χ4n) is 3.22. The van der Waals surface area contributed by atoms with E-state index in [0.717, 1.165) is 23.0 Å². The number of hydrogen-bond donors (Lipinski definition) is 1. The standard InChI is InChI=1S/C17H22BrN3O.C6H6/c1-12(13-4-6-14(18)7-5-13)21-9-8-15(20-16(21)22)10-17(2,3)11-19;1-2-4-6-5-3-1/h4-7,12,15H,8-10H2,1-3H3,(H,20,22);1-6H. The summed E-state index contributed by atoms with van der Waals surface area (Å²) in [4.78, 5) is 14.2. The number of urea groups is 1. The molecule has 0 aliphatic carbocycles. The van der Waals surface area contributed by atoms with Crippen LogP contribution in [0.2, 0.25) is 0 Å². The molecule has 1 heterocycles. The summed E-state index contributed by atoms with van der Waals surface area (Å²) in [6.45, 7) is 6.59. The molecule has 4 nitrogen and oxygen atoms in total. The van der Waals surface area contributed by atoms with E-state index in [1.807, 2.05) is 86.3 Å². The van der Waals surface area contributed by atoms with Gasteiger partial charge in [0.1, 0.15) is 0 Å². The van der Waals surface area contributed by atoms with Crippen LogP contribution in [0, 0.1) is 16.7 Å².